The normalized spacial score (nSPS) is 28.5. The summed E-state index contributed by atoms with van der Waals surface area (Å²) in [4.78, 5) is 0. The molecule has 3 rings (SSSR count). The van der Waals surface area contributed by atoms with Gasteiger partial charge >= 0.3 is 0 Å². The van der Waals surface area contributed by atoms with Gasteiger partial charge in [-0.15, -0.1) is 0 Å². The fourth-order valence-electron chi connectivity index (χ4n) is 3.60. The van der Waals surface area contributed by atoms with Gasteiger partial charge in [0.2, 0.25) is 0 Å². The van der Waals surface area contributed by atoms with Crippen molar-refractivity contribution in [3.8, 4) is 5.75 Å². The fourth-order valence-corrected chi connectivity index (χ4v) is 3.60. The molecule has 1 aromatic rings. The Bertz CT molecular complexity index is 504. The second kappa shape index (κ2) is 4.68. The molecule has 0 saturated heterocycles. The highest BCUT2D eigenvalue weighted by Gasteiger charge is 2.30. The number of hydrogen-bond donors (Lipinski definition) is 1. The van der Waals surface area contributed by atoms with E-state index in [1.165, 1.54) is 17.6 Å². The molecule has 0 aromatic heterocycles. The lowest BCUT2D eigenvalue weighted by Crippen LogP contribution is -2.31. The lowest BCUT2D eigenvalue weighted by molar-refractivity contribution is 0.288. The number of allylic oxidation sites excluding steroid dienone is 1. The van der Waals surface area contributed by atoms with Gasteiger partial charge < -0.3 is 10.5 Å². The molecule has 102 valence electrons. The highest BCUT2D eigenvalue weighted by molar-refractivity contribution is 5.40. The zero-order valence-corrected chi connectivity index (χ0v) is 11.9. The minimum Gasteiger partial charge on any atom is -0.493 e. The maximum atomic E-state index is 6.16. The lowest BCUT2D eigenvalue weighted by atomic mass is 9.73. The Morgan fingerprint density at radius 3 is 2.89 bits per heavy atom. The van der Waals surface area contributed by atoms with Crippen LogP contribution < -0.4 is 10.5 Å². The average molecular weight is 257 g/mol. The topological polar surface area (TPSA) is 35.2 Å². The molecule has 1 aromatic carbocycles. The van der Waals surface area contributed by atoms with Crippen LogP contribution in [0, 0.1) is 5.41 Å². The van der Waals surface area contributed by atoms with Crippen molar-refractivity contribution in [2.75, 3.05) is 6.61 Å². The second-order valence-electron chi connectivity index (χ2n) is 6.78. The van der Waals surface area contributed by atoms with Crippen molar-refractivity contribution in [1.82, 2.24) is 0 Å². The van der Waals surface area contributed by atoms with Crippen LogP contribution in [0.3, 0.4) is 0 Å². The second-order valence-corrected chi connectivity index (χ2v) is 6.78. The van der Waals surface area contributed by atoms with E-state index in [0.717, 1.165) is 25.2 Å². The maximum Gasteiger partial charge on any atom is 0.122 e. The number of ether oxygens (including phenoxy) is 1. The molecule has 0 fully saturated rings. The van der Waals surface area contributed by atoms with Crippen LogP contribution in [0.1, 0.15) is 44.6 Å². The van der Waals surface area contributed by atoms with Crippen molar-refractivity contribution in [2.45, 2.75) is 45.1 Å². The molecule has 2 atom stereocenters. The molecule has 2 unspecified atom stereocenters. The third-order valence-electron chi connectivity index (χ3n) is 4.25. The molecule has 0 spiro atoms. The summed E-state index contributed by atoms with van der Waals surface area (Å²) in [5, 5.41) is 0. The van der Waals surface area contributed by atoms with E-state index in [2.05, 4.69) is 38.1 Å². The molecular formula is C17H23NO. The number of benzene rings is 1. The molecular weight excluding hydrogens is 234 g/mol. The number of fused-ring (bicyclic) bond motifs is 1. The Hall–Kier alpha value is -1.28. The first-order valence-electron chi connectivity index (χ1n) is 7.20. The maximum absolute atomic E-state index is 6.16. The van der Waals surface area contributed by atoms with Crippen molar-refractivity contribution in [3.63, 3.8) is 0 Å². The van der Waals surface area contributed by atoms with Gasteiger partial charge in [-0.1, -0.05) is 43.7 Å². The van der Waals surface area contributed by atoms with E-state index < -0.39 is 0 Å². The van der Waals surface area contributed by atoms with Gasteiger partial charge in [-0.25, -0.2) is 0 Å². The van der Waals surface area contributed by atoms with Crippen LogP contribution in [0.15, 0.2) is 35.9 Å². The minimum absolute atomic E-state index is 0.219. The smallest absolute Gasteiger partial charge is 0.122 e. The molecule has 0 saturated carbocycles. The first-order valence-corrected chi connectivity index (χ1v) is 7.20. The highest BCUT2D eigenvalue weighted by atomic mass is 16.5. The monoisotopic (exact) mass is 257 g/mol. The van der Waals surface area contributed by atoms with Crippen molar-refractivity contribution in [2.24, 2.45) is 11.1 Å². The summed E-state index contributed by atoms with van der Waals surface area (Å²) in [7, 11) is 0. The fraction of sp³-hybridized carbons (Fsp3) is 0.529. The molecule has 2 N–H and O–H groups in total. The lowest BCUT2D eigenvalue weighted by Gasteiger charge is -2.34. The summed E-state index contributed by atoms with van der Waals surface area (Å²) >= 11 is 0. The third kappa shape index (κ3) is 2.69. The Labute approximate surface area is 115 Å². The van der Waals surface area contributed by atoms with Crippen molar-refractivity contribution < 1.29 is 4.74 Å². The molecule has 1 aliphatic carbocycles. The van der Waals surface area contributed by atoms with E-state index in [-0.39, 0.29) is 6.04 Å². The molecule has 1 heterocycles. The summed E-state index contributed by atoms with van der Waals surface area (Å²) in [5.74, 6) is 1.57. The van der Waals surface area contributed by atoms with Gasteiger partial charge in [-0.05, 0) is 30.7 Å². The summed E-state index contributed by atoms with van der Waals surface area (Å²) in [6, 6.07) is 8.63. The van der Waals surface area contributed by atoms with Gasteiger partial charge in [-0.3, -0.25) is 0 Å². The van der Waals surface area contributed by atoms with Crippen molar-refractivity contribution in [3.05, 3.63) is 41.5 Å². The first kappa shape index (κ1) is 12.7. The van der Waals surface area contributed by atoms with Crippen LogP contribution in [0.4, 0.5) is 0 Å². The van der Waals surface area contributed by atoms with Crippen LogP contribution in [-0.2, 0) is 0 Å². The van der Waals surface area contributed by atoms with Crippen LogP contribution >= 0.6 is 0 Å². The summed E-state index contributed by atoms with van der Waals surface area (Å²) in [6.45, 7) is 5.45. The zero-order valence-electron chi connectivity index (χ0n) is 11.9. The quantitative estimate of drug-likeness (QED) is 0.821. The van der Waals surface area contributed by atoms with Crippen LogP contribution in [0.2, 0.25) is 0 Å². The summed E-state index contributed by atoms with van der Waals surface area (Å²) < 4.78 is 5.77. The molecule has 0 bridgehead atoms. The molecule has 1 aliphatic heterocycles. The van der Waals surface area contributed by atoms with E-state index in [1.807, 2.05) is 6.07 Å². The van der Waals surface area contributed by atoms with E-state index in [4.69, 9.17) is 10.5 Å². The summed E-state index contributed by atoms with van der Waals surface area (Å²) in [6.07, 6.45) is 5.63. The number of nitrogens with two attached hydrogens (primary N) is 1. The van der Waals surface area contributed by atoms with Crippen LogP contribution in [0.25, 0.3) is 0 Å². The van der Waals surface area contributed by atoms with E-state index >= 15 is 0 Å². The Balaban J connectivity index is 1.76. The molecule has 0 amide bonds. The van der Waals surface area contributed by atoms with Gasteiger partial charge in [-0.2, -0.15) is 0 Å². The molecule has 2 nitrogen and oxygen atoms in total. The van der Waals surface area contributed by atoms with Gasteiger partial charge in [0, 0.05) is 17.5 Å². The van der Waals surface area contributed by atoms with Crippen LogP contribution in [0.5, 0.6) is 5.75 Å². The number of rotatable bonds is 2. The van der Waals surface area contributed by atoms with Gasteiger partial charge in [0.1, 0.15) is 5.75 Å². The largest absolute Gasteiger partial charge is 0.493 e. The average Bonchev–Trinajstić information content (AvgIpc) is 2.70. The van der Waals surface area contributed by atoms with E-state index in [0.29, 0.717) is 11.3 Å². The number of para-hydroxylation sites is 1. The van der Waals surface area contributed by atoms with Crippen molar-refractivity contribution >= 4 is 0 Å². The van der Waals surface area contributed by atoms with Gasteiger partial charge in [0.05, 0.1) is 6.61 Å². The Kier molecular flexibility index (Phi) is 3.14. The molecule has 0 radical (unpaired) electrons. The predicted octanol–water partition coefficient (Wildman–Crippen LogP) is 3.63. The zero-order chi connectivity index (χ0) is 13.5. The molecule has 2 aliphatic rings. The van der Waals surface area contributed by atoms with Gasteiger partial charge in [0.25, 0.3) is 0 Å². The molecule has 2 heteroatoms. The third-order valence-corrected chi connectivity index (χ3v) is 4.25. The molecule has 19 heavy (non-hydrogen) atoms. The van der Waals surface area contributed by atoms with E-state index in [9.17, 15) is 0 Å². The standard InChI is InChI=1S/C17H23NO/c1-17(2)9-12(8-14(18)10-17)7-13-11-19-16-6-4-3-5-15(13)16/h3-6,8,13-14H,7,9-11,18H2,1-2H3. The first-order chi connectivity index (χ1) is 9.03. The van der Waals surface area contributed by atoms with Gasteiger partial charge in [0.15, 0.2) is 0 Å². The SMILES string of the molecule is CC1(C)CC(CC2COc3ccccc32)=CC(N)C1. The minimum atomic E-state index is 0.219. The summed E-state index contributed by atoms with van der Waals surface area (Å²) in [5.41, 5.74) is 9.37. The van der Waals surface area contributed by atoms with Crippen LogP contribution in [-0.4, -0.2) is 12.6 Å². The Morgan fingerprint density at radius 1 is 1.32 bits per heavy atom. The Morgan fingerprint density at radius 2 is 2.11 bits per heavy atom. The van der Waals surface area contributed by atoms with E-state index in [1.54, 1.807) is 0 Å². The predicted molar refractivity (Wildman–Crippen MR) is 78.4 cm³/mol. The number of hydrogen-bond acceptors (Lipinski definition) is 2. The van der Waals surface area contributed by atoms with Crippen molar-refractivity contribution in [1.29, 1.82) is 0 Å². The highest BCUT2D eigenvalue weighted by Crippen LogP contribution is 2.42.